The summed E-state index contributed by atoms with van der Waals surface area (Å²) in [5.41, 5.74) is 2.12. The van der Waals surface area contributed by atoms with Crippen LogP contribution in [0, 0.1) is 5.82 Å². The minimum absolute atomic E-state index is 0.384. The van der Waals surface area contributed by atoms with Crippen molar-refractivity contribution >= 4 is 11.7 Å². The molecule has 0 bridgehead atoms. The first kappa shape index (κ1) is 18.7. The minimum atomic E-state index is -0.667. The Morgan fingerprint density at radius 3 is 2.81 bits per heavy atom. The summed E-state index contributed by atoms with van der Waals surface area (Å²) in [6.07, 6.45) is 3.58. The number of imidazole rings is 1. The van der Waals surface area contributed by atoms with Crippen LogP contribution in [0.3, 0.4) is 0 Å². The van der Waals surface area contributed by atoms with Crippen molar-refractivity contribution in [2.45, 2.75) is 32.8 Å². The van der Waals surface area contributed by atoms with E-state index in [4.69, 9.17) is 4.74 Å². The summed E-state index contributed by atoms with van der Waals surface area (Å²) in [4.78, 5) is 16.1. The molecule has 3 aromatic rings. The average Bonchev–Trinajstić information content (AvgIpc) is 2.98. The minimum Gasteiger partial charge on any atom is -0.504 e. The monoisotopic (exact) mass is 371 g/mol. The van der Waals surface area contributed by atoms with Gasteiger partial charge in [0.1, 0.15) is 11.2 Å². The number of fused-ring (bicyclic) bond motifs is 1. The molecule has 0 spiro atoms. The molecule has 0 unspecified atom stereocenters. The van der Waals surface area contributed by atoms with Gasteiger partial charge in [0.2, 0.25) is 0 Å². The van der Waals surface area contributed by atoms with Gasteiger partial charge >= 0.3 is 6.09 Å². The average molecular weight is 371 g/mol. The molecule has 1 aromatic carbocycles. The van der Waals surface area contributed by atoms with E-state index in [0.29, 0.717) is 24.1 Å². The van der Waals surface area contributed by atoms with Crippen molar-refractivity contribution < 1.29 is 19.0 Å². The fourth-order valence-corrected chi connectivity index (χ4v) is 2.73. The van der Waals surface area contributed by atoms with E-state index >= 15 is 0 Å². The number of aromatic nitrogens is 2. The topological polar surface area (TPSA) is 75.9 Å². The van der Waals surface area contributed by atoms with Crippen LogP contribution in [0.1, 0.15) is 26.5 Å². The number of carbonyl (C=O) groups is 1. The third-order valence-electron chi connectivity index (χ3n) is 3.93. The zero-order valence-electron chi connectivity index (χ0n) is 15.5. The Bertz CT molecular complexity index is 976. The molecule has 6 nitrogen and oxygen atoms in total. The van der Waals surface area contributed by atoms with Gasteiger partial charge in [-0.05, 0) is 39.0 Å². The summed E-state index contributed by atoms with van der Waals surface area (Å²) < 4.78 is 20.7. The van der Waals surface area contributed by atoms with E-state index in [-0.39, 0.29) is 5.75 Å². The van der Waals surface area contributed by atoms with E-state index in [2.05, 4.69) is 10.3 Å². The predicted octanol–water partition coefficient (Wildman–Crippen LogP) is 3.91. The molecule has 0 saturated carbocycles. The second-order valence-corrected chi connectivity index (χ2v) is 7.21. The predicted molar refractivity (Wildman–Crippen MR) is 100 cm³/mol. The Labute approximate surface area is 156 Å². The normalized spacial score (nSPS) is 11.6. The molecular weight excluding hydrogens is 349 g/mol. The second-order valence-electron chi connectivity index (χ2n) is 7.21. The van der Waals surface area contributed by atoms with Crippen LogP contribution in [0.15, 0.2) is 42.7 Å². The van der Waals surface area contributed by atoms with Gasteiger partial charge in [0.05, 0.1) is 0 Å². The lowest BCUT2D eigenvalue weighted by atomic mass is 10.1. The first-order valence-corrected chi connectivity index (χ1v) is 8.65. The van der Waals surface area contributed by atoms with Gasteiger partial charge in [-0.25, -0.2) is 14.2 Å². The number of nitrogens with zero attached hydrogens (tertiary/aromatic N) is 2. The number of carbonyl (C=O) groups excluding carboxylic acids is 1. The van der Waals surface area contributed by atoms with Crippen molar-refractivity contribution in [1.29, 1.82) is 0 Å². The lowest BCUT2D eigenvalue weighted by Crippen LogP contribution is -2.33. The van der Waals surface area contributed by atoms with Crippen molar-refractivity contribution in [1.82, 2.24) is 14.7 Å². The van der Waals surface area contributed by atoms with Crippen LogP contribution in [0.25, 0.3) is 16.8 Å². The maximum Gasteiger partial charge on any atom is 0.407 e. The van der Waals surface area contributed by atoms with Crippen molar-refractivity contribution in [2.24, 2.45) is 0 Å². The van der Waals surface area contributed by atoms with Gasteiger partial charge in [-0.15, -0.1) is 0 Å². The van der Waals surface area contributed by atoms with Gasteiger partial charge in [-0.2, -0.15) is 0 Å². The highest BCUT2D eigenvalue weighted by atomic mass is 19.1. The number of phenolic OH excluding ortho intramolecular Hbond substituents is 1. The van der Waals surface area contributed by atoms with Crippen LogP contribution in [-0.2, 0) is 11.2 Å². The molecule has 0 aliphatic heterocycles. The maximum absolute atomic E-state index is 13.6. The second kappa shape index (κ2) is 7.26. The molecule has 27 heavy (non-hydrogen) atoms. The molecule has 0 atom stereocenters. The molecule has 0 radical (unpaired) electrons. The van der Waals surface area contributed by atoms with Crippen LogP contribution in [0.5, 0.6) is 5.75 Å². The van der Waals surface area contributed by atoms with E-state index in [1.807, 2.05) is 4.40 Å². The molecule has 2 aromatic heterocycles. The van der Waals surface area contributed by atoms with E-state index in [1.165, 1.54) is 6.07 Å². The SMILES string of the molecule is CC(C)(C)OC(=O)NCCc1cnc2ccc(-c3cccc(F)c3O)cn12. The number of benzene rings is 1. The summed E-state index contributed by atoms with van der Waals surface area (Å²) in [6, 6.07) is 7.99. The molecule has 0 fully saturated rings. The molecule has 0 saturated heterocycles. The number of para-hydroxylation sites is 1. The lowest BCUT2D eigenvalue weighted by molar-refractivity contribution is 0.0528. The number of pyridine rings is 1. The van der Waals surface area contributed by atoms with Crippen LogP contribution >= 0.6 is 0 Å². The summed E-state index contributed by atoms with van der Waals surface area (Å²) in [6.45, 7) is 5.80. The summed E-state index contributed by atoms with van der Waals surface area (Å²) in [5.74, 6) is -1.05. The molecule has 142 valence electrons. The zero-order chi connectivity index (χ0) is 19.6. The Morgan fingerprint density at radius 2 is 2.07 bits per heavy atom. The molecule has 0 aliphatic carbocycles. The molecule has 2 N–H and O–H groups in total. The number of aromatic hydroxyl groups is 1. The third kappa shape index (κ3) is 4.36. The number of rotatable bonds is 4. The van der Waals surface area contributed by atoms with E-state index in [1.54, 1.807) is 57.4 Å². The molecule has 3 rings (SSSR count). The van der Waals surface area contributed by atoms with Crippen molar-refractivity contribution in [3.8, 4) is 16.9 Å². The number of hydrogen-bond acceptors (Lipinski definition) is 4. The first-order chi connectivity index (χ1) is 12.7. The van der Waals surface area contributed by atoms with Gasteiger partial charge in [0, 0.05) is 42.2 Å². The third-order valence-corrected chi connectivity index (χ3v) is 3.93. The quantitative estimate of drug-likeness (QED) is 0.729. The Balaban J connectivity index is 1.78. The smallest absolute Gasteiger partial charge is 0.407 e. The van der Waals surface area contributed by atoms with Gasteiger partial charge in [-0.1, -0.05) is 12.1 Å². The Morgan fingerprint density at radius 1 is 1.30 bits per heavy atom. The van der Waals surface area contributed by atoms with Crippen LogP contribution in [0.2, 0.25) is 0 Å². The van der Waals surface area contributed by atoms with E-state index in [9.17, 15) is 14.3 Å². The molecule has 0 aliphatic rings. The van der Waals surface area contributed by atoms with Crippen LogP contribution in [0.4, 0.5) is 9.18 Å². The Hall–Kier alpha value is -3.09. The molecule has 1 amide bonds. The van der Waals surface area contributed by atoms with Crippen molar-refractivity contribution in [3.05, 3.63) is 54.2 Å². The highest BCUT2D eigenvalue weighted by Gasteiger charge is 2.16. The van der Waals surface area contributed by atoms with Gasteiger partial charge in [0.15, 0.2) is 11.6 Å². The van der Waals surface area contributed by atoms with E-state index < -0.39 is 17.5 Å². The number of ether oxygens (including phenoxy) is 1. The standard InChI is InChI=1S/C20H22FN3O3/c1-20(2,3)27-19(26)22-10-9-14-11-23-17-8-7-13(12-24(14)17)15-5-4-6-16(21)18(15)25/h4-8,11-12,25H,9-10H2,1-3H3,(H,22,26). The molecule has 2 heterocycles. The molecule has 7 heteroatoms. The van der Waals surface area contributed by atoms with Crippen molar-refractivity contribution in [2.75, 3.05) is 6.54 Å². The van der Waals surface area contributed by atoms with Crippen LogP contribution in [-0.4, -0.2) is 32.7 Å². The number of halogens is 1. The van der Waals surface area contributed by atoms with Gasteiger partial charge in [-0.3, -0.25) is 0 Å². The summed E-state index contributed by atoms with van der Waals surface area (Å²) in [5, 5.41) is 12.7. The summed E-state index contributed by atoms with van der Waals surface area (Å²) in [7, 11) is 0. The number of nitrogens with one attached hydrogen (secondary N) is 1. The largest absolute Gasteiger partial charge is 0.504 e. The fraction of sp³-hybridized carbons (Fsp3) is 0.300. The van der Waals surface area contributed by atoms with Crippen molar-refractivity contribution in [3.63, 3.8) is 0 Å². The summed E-state index contributed by atoms with van der Waals surface area (Å²) >= 11 is 0. The fourth-order valence-electron chi connectivity index (χ4n) is 2.73. The molecular formula is C20H22FN3O3. The van der Waals surface area contributed by atoms with Gasteiger partial charge in [0.25, 0.3) is 0 Å². The highest BCUT2D eigenvalue weighted by molar-refractivity contribution is 5.71. The maximum atomic E-state index is 13.6. The van der Waals surface area contributed by atoms with E-state index in [0.717, 1.165) is 11.3 Å². The van der Waals surface area contributed by atoms with Gasteiger partial charge < -0.3 is 19.6 Å². The number of hydrogen-bond donors (Lipinski definition) is 2. The number of alkyl carbamates (subject to hydrolysis) is 1. The van der Waals surface area contributed by atoms with Crippen LogP contribution < -0.4 is 5.32 Å². The highest BCUT2D eigenvalue weighted by Crippen LogP contribution is 2.31. The lowest BCUT2D eigenvalue weighted by Gasteiger charge is -2.19. The Kier molecular flexibility index (Phi) is 5.03. The zero-order valence-corrected chi connectivity index (χ0v) is 15.5. The number of phenols is 1. The number of amides is 1. The first-order valence-electron chi connectivity index (χ1n) is 8.65.